The molecule has 14 heteroatoms. The Morgan fingerprint density at radius 2 is 1.93 bits per heavy atom. The summed E-state index contributed by atoms with van der Waals surface area (Å²) in [5, 5.41) is 16.9. The third-order valence-electron chi connectivity index (χ3n) is 6.70. The maximum absolute atomic E-state index is 14.9. The second-order valence-electron chi connectivity index (χ2n) is 9.42. The Morgan fingerprint density at radius 3 is 2.67 bits per heavy atom. The van der Waals surface area contributed by atoms with Crippen molar-refractivity contribution in [3.05, 3.63) is 92.4 Å². The van der Waals surface area contributed by atoms with E-state index in [0.29, 0.717) is 27.9 Å². The summed E-state index contributed by atoms with van der Waals surface area (Å²) in [7, 11) is 0. The molecule has 1 N–H and O–H groups in total. The van der Waals surface area contributed by atoms with Gasteiger partial charge in [0.2, 0.25) is 0 Å². The van der Waals surface area contributed by atoms with E-state index in [1.54, 1.807) is 41.8 Å². The molecule has 2 aromatic carbocycles. The van der Waals surface area contributed by atoms with E-state index < -0.39 is 29.6 Å². The summed E-state index contributed by atoms with van der Waals surface area (Å²) < 4.78 is 55.7. The summed E-state index contributed by atoms with van der Waals surface area (Å²) in [6.07, 6.45) is -4.33. The first-order valence-corrected chi connectivity index (χ1v) is 13.0. The Kier molecular flexibility index (Phi) is 6.21. The molecule has 0 saturated carbocycles. The molecular formula is C26H19F4N7O2S. The molecule has 4 heterocycles. The van der Waals surface area contributed by atoms with Gasteiger partial charge >= 0.3 is 6.18 Å². The predicted octanol–water partition coefficient (Wildman–Crippen LogP) is 4.60. The van der Waals surface area contributed by atoms with Gasteiger partial charge in [0, 0.05) is 23.7 Å². The number of alkyl halides is 3. The SMILES string of the molecule is CC1CN(C(=O)c2cc(Cc3n[nH]c(=O)c4ccccc34)ccc2F)Cc2nnc(-c3nc(C(F)(F)F)cs3)n21. The maximum atomic E-state index is 14.9. The lowest BCUT2D eigenvalue weighted by molar-refractivity contribution is -0.140. The van der Waals surface area contributed by atoms with Gasteiger partial charge in [-0.25, -0.2) is 14.5 Å². The van der Waals surface area contributed by atoms with E-state index >= 15 is 0 Å². The third-order valence-corrected chi connectivity index (χ3v) is 7.54. The number of benzene rings is 2. The Hall–Kier alpha value is -4.46. The van der Waals surface area contributed by atoms with Crippen molar-refractivity contribution in [2.45, 2.75) is 32.1 Å². The molecule has 1 aliphatic heterocycles. The molecule has 0 aliphatic carbocycles. The molecule has 0 bridgehead atoms. The summed E-state index contributed by atoms with van der Waals surface area (Å²) in [4.78, 5) is 30.7. The number of amides is 1. The van der Waals surface area contributed by atoms with Crippen LogP contribution in [0.5, 0.6) is 0 Å². The first-order valence-electron chi connectivity index (χ1n) is 12.1. The number of H-pyrrole nitrogens is 1. The second-order valence-corrected chi connectivity index (χ2v) is 10.3. The standard InChI is InChI=1S/C26H19F4N7O2S/c1-13-10-36(11-21-33-34-22(37(13)21)24-31-20(12-40-24)26(28,29)30)25(39)17-8-14(6-7-18(17)27)9-19-15-4-2-3-5-16(15)23(38)35-32-19/h2-8,12-13H,9-11H2,1H3,(H,35,38). The lowest BCUT2D eigenvalue weighted by atomic mass is 10.0. The molecule has 1 unspecified atom stereocenters. The number of nitrogens with zero attached hydrogens (tertiary/aromatic N) is 6. The van der Waals surface area contributed by atoms with Gasteiger partial charge in [-0.1, -0.05) is 24.3 Å². The highest BCUT2D eigenvalue weighted by Gasteiger charge is 2.36. The summed E-state index contributed by atoms with van der Waals surface area (Å²) >= 11 is 0.809. The molecule has 40 heavy (non-hydrogen) atoms. The van der Waals surface area contributed by atoms with Gasteiger partial charge in [-0.15, -0.1) is 21.5 Å². The lowest BCUT2D eigenvalue weighted by Crippen LogP contribution is -2.40. The minimum Gasteiger partial charge on any atom is -0.329 e. The van der Waals surface area contributed by atoms with Crippen molar-refractivity contribution >= 4 is 28.0 Å². The number of rotatable bonds is 4. The molecule has 3 aromatic heterocycles. The van der Waals surface area contributed by atoms with Crippen molar-refractivity contribution in [1.82, 2.24) is 34.8 Å². The molecule has 9 nitrogen and oxygen atoms in total. The molecule has 0 spiro atoms. The highest BCUT2D eigenvalue weighted by Crippen LogP contribution is 2.35. The van der Waals surface area contributed by atoms with Gasteiger partial charge in [-0.3, -0.25) is 9.59 Å². The van der Waals surface area contributed by atoms with Crippen LogP contribution in [0.25, 0.3) is 21.6 Å². The minimum atomic E-state index is -4.58. The molecule has 0 radical (unpaired) electrons. The van der Waals surface area contributed by atoms with Crippen LogP contribution in [0.4, 0.5) is 17.6 Å². The molecular weight excluding hydrogens is 550 g/mol. The van der Waals surface area contributed by atoms with Crippen LogP contribution in [0.1, 0.15) is 46.1 Å². The van der Waals surface area contributed by atoms with Crippen LogP contribution in [-0.2, 0) is 19.1 Å². The van der Waals surface area contributed by atoms with Gasteiger partial charge in [0.1, 0.15) is 5.82 Å². The number of halogens is 4. The van der Waals surface area contributed by atoms with Gasteiger partial charge in [0.15, 0.2) is 22.4 Å². The minimum absolute atomic E-state index is 0.0105. The van der Waals surface area contributed by atoms with Crippen LogP contribution in [-0.4, -0.2) is 47.3 Å². The topological polar surface area (TPSA) is 110 Å². The smallest absolute Gasteiger partial charge is 0.329 e. The predicted molar refractivity (Wildman–Crippen MR) is 137 cm³/mol. The molecule has 1 amide bonds. The van der Waals surface area contributed by atoms with E-state index in [0.717, 1.165) is 16.7 Å². The largest absolute Gasteiger partial charge is 0.434 e. The van der Waals surface area contributed by atoms with Crippen molar-refractivity contribution in [2.24, 2.45) is 0 Å². The molecule has 6 rings (SSSR count). The first-order chi connectivity index (χ1) is 19.1. The number of aromatic nitrogens is 6. The van der Waals surface area contributed by atoms with E-state index in [9.17, 15) is 27.2 Å². The van der Waals surface area contributed by atoms with Gasteiger partial charge in [0.05, 0.1) is 29.2 Å². The Labute approximate surface area is 227 Å². The van der Waals surface area contributed by atoms with Crippen LogP contribution in [0.3, 0.4) is 0 Å². The van der Waals surface area contributed by atoms with Crippen molar-refractivity contribution in [3.63, 3.8) is 0 Å². The van der Waals surface area contributed by atoms with Crippen molar-refractivity contribution in [2.75, 3.05) is 6.54 Å². The highest BCUT2D eigenvalue weighted by molar-refractivity contribution is 7.13. The van der Waals surface area contributed by atoms with E-state index in [4.69, 9.17) is 0 Å². The number of aromatic amines is 1. The molecule has 0 saturated heterocycles. The van der Waals surface area contributed by atoms with Crippen LogP contribution < -0.4 is 5.56 Å². The fraction of sp³-hybridized carbons (Fsp3) is 0.231. The molecule has 204 valence electrons. The van der Waals surface area contributed by atoms with Crippen LogP contribution >= 0.6 is 11.3 Å². The number of carbonyl (C=O) groups excluding carboxylic acids is 1. The number of fused-ring (bicyclic) bond motifs is 2. The van der Waals surface area contributed by atoms with E-state index in [1.165, 1.54) is 17.0 Å². The van der Waals surface area contributed by atoms with Gasteiger partial charge in [-0.2, -0.15) is 18.3 Å². The van der Waals surface area contributed by atoms with Crippen LogP contribution in [0, 0.1) is 5.82 Å². The van der Waals surface area contributed by atoms with Crippen molar-refractivity contribution < 1.29 is 22.4 Å². The van der Waals surface area contributed by atoms with E-state index in [1.807, 2.05) is 0 Å². The highest BCUT2D eigenvalue weighted by atomic mass is 32.1. The van der Waals surface area contributed by atoms with Gasteiger partial charge in [-0.05, 0) is 30.7 Å². The number of hydrogen-bond donors (Lipinski definition) is 1. The fourth-order valence-corrected chi connectivity index (χ4v) is 5.66. The summed E-state index contributed by atoms with van der Waals surface area (Å²) in [5.41, 5.74) is -0.274. The molecule has 1 aliphatic rings. The van der Waals surface area contributed by atoms with Crippen molar-refractivity contribution in [1.29, 1.82) is 0 Å². The molecule has 5 aromatic rings. The molecule has 0 fully saturated rings. The average molecular weight is 570 g/mol. The maximum Gasteiger partial charge on any atom is 0.434 e. The summed E-state index contributed by atoms with van der Waals surface area (Å²) in [5.74, 6) is -0.721. The number of carbonyl (C=O) groups is 1. The fourth-order valence-electron chi connectivity index (χ4n) is 4.85. The number of hydrogen-bond acceptors (Lipinski definition) is 7. The monoisotopic (exact) mass is 569 g/mol. The Bertz CT molecular complexity index is 1830. The van der Waals surface area contributed by atoms with Crippen LogP contribution in [0.15, 0.2) is 52.6 Å². The molecule has 1 atom stereocenters. The average Bonchev–Trinajstić information content (AvgIpc) is 3.59. The second kappa shape index (κ2) is 9.62. The number of nitrogens with one attached hydrogen (secondary N) is 1. The normalized spacial score (nSPS) is 15.4. The van der Waals surface area contributed by atoms with Crippen LogP contribution in [0.2, 0.25) is 0 Å². The third kappa shape index (κ3) is 4.53. The Morgan fingerprint density at radius 1 is 1.15 bits per heavy atom. The van der Waals surface area contributed by atoms with Crippen molar-refractivity contribution in [3.8, 4) is 10.8 Å². The quantitative estimate of drug-likeness (QED) is 0.317. The van der Waals surface area contributed by atoms with Gasteiger partial charge in [0.25, 0.3) is 11.5 Å². The zero-order valence-electron chi connectivity index (χ0n) is 20.7. The lowest BCUT2D eigenvalue weighted by Gasteiger charge is -2.32. The van der Waals surface area contributed by atoms with E-state index in [-0.39, 0.29) is 41.5 Å². The zero-order chi connectivity index (χ0) is 28.2. The Balaban J connectivity index is 1.26. The first kappa shape index (κ1) is 25.8. The van der Waals surface area contributed by atoms with E-state index in [2.05, 4.69) is 25.4 Å². The zero-order valence-corrected chi connectivity index (χ0v) is 21.6. The number of thiazole rings is 1. The van der Waals surface area contributed by atoms with Gasteiger partial charge < -0.3 is 9.47 Å². The summed E-state index contributed by atoms with van der Waals surface area (Å²) in [6, 6.07) is 10.8. The summed E-state index contributed by atoms with van der Waals surface area (Å²) in [6.45, 7) is 1.92.